The van der Waals surface area contributed by atoms with E-state index in [1.165, 1.54) is 0 Å². The Balaban J connectivity index is 1.71. The first kappa shape index (κ1) is 18.6. The molecule has 0 radical (unpaired) electrons. The summed E-state index contributed by atoms with van der Waals surface area (Å²) < 4.78 is 12.9. The Morgan fingerprint density at radius 3 is 2.48 bits per heavy atom. The zero-order valence-corrected chi connectivity index (χ0v) is 15.9. The summed E-state index contributed by atoms with van der Waals surface area (Å²) in [6.07, 6.45) is 1.85. The molecule has 3 rings (SSSR count). The molecule has 6 nitrogen and oxygen atoms in total. The van der Waals surface area contributed by atoms with Gasteiger partial charge in [-0.05, 0) is 55.8 Å². The van der Waals surface area contributed by atoms with E-state index in [0.29, 0.717) is 25.5 Å². The van der Waals surface area contributed by atoms with Crippen molar-refractivity contribution in [2.75, 3.05) is 18.5 Å². The normalized spacial score (nSPS) is 10.6. The van der Waals surface area contributed by atoms with Crippen LogP contribution in [0.3, 0.4) is 0 Å². The first-order valence-corrected chi connectivity index (χ1v) is 9.05. The number of phenolic OH excluding ortho intramolecular Hbond substituents is 1. The van der Waals surface area contributed by atoms with Crippen molar-refractivity contribution in [1.82, 2.24) is 9.55 Å². The molecule has 0 aliphatic rings. The maximum Gasteiger partial charge on any atom is 0.203 e. The summed E-state index contributed by atoms with van der Waals surface area (Å²) in [5, 5.41) is 13.1. The van der Waals surface area contributed by atoms with Crippen molar-refractivity contribution in [1.29, 1.82) is 0 Å². The largest absolute Gasteiger partial charge is 0.504 e. The summed E-state index contributed by atoms with van der Waals surface area (Å²) in [5.41, 5.74) is 3.09. The van der Waals surface area contributed by atoms with Crippen LogP contribution in [-0.4, -0.2) is 27.9 Å². The van der Waals surface area contributed by atoms with Gasteiger partial charge in [-0.1, -0.05) is 6.07 Å². The van der Waals surface area contributed by atoms with Crippen LogP contribution in [0.5, 0.6) is 17.2 Å². The molecular weight excluding hydrogens is 342 g/mol. The highest BCUT2D eigenvalue weighted by Crippen LogP contribution is 2.28. The van der Waals surface area contributed by atoms with Crippen molar-refractivity contribution in [3.63, 3.8) is 0 Å². The molecular formula is C21H25N3O3. The van der Waals surface area contributed by atoms with Crippen LogP contribution in [0.15, 0.2) is 48.7 Å². The van der Waals surface area contributed by atoms with Gasteiger partial charge in [0.05, 0.1) is 25.1 Å². The van der Waals surface area contributed by atoms with Crippen LogP contribution in [0.2, 0.25) is 0 Å². The van der Waals surface area contributed by atoms with Gasteiger partial charge in [-0.25, -0.2) is 4.98 Å². The summed E-state index contributed by atoms with van der Waals surface area (Å²) in [4.78, 5) is 4.48. The number of aromatic hydroxyl groups is 1. The predicted octanol–water partition coefficient (Wildman–Crippen LogP) is 4.20. The molecule has 142 valence electrons. The molecule has 0 spiro atoms. The minimum Gasteiger partial charge on any atom is -0.504 e. The average molecular weight is 367 g/mol. The van der Waals surface area contributed by atoms with Gasteiger partial charge in [-0.2, -0.15) is 0 Å². The Kier molecular flexibility index (Phi) is 5.86. The van der Waals surface area contributed by atoms with Gasteiger partial charge in [0.2, 0.25) is 5.95 Å². The standard InChI is InChI=1S/C21H25N3O3/c1-4-26-17-9-7-16(8-10-17)18-14-23-21(24(18)3)22-13-15-6-11-19(25)20(12-15)27-5-2/h6-12,14,25H,4-5,13H2,1-3H3,(H,22,23). The highest BCUT2D eigenvalue weighted by Gasteiger charge is 2.09. The average Bonchev–Trinajstić information content (AvgIpc) is 3.04. The number of anilines is 1. The van der Waals surface area contributed by atoms with Gasteiger partial charge in [0.15, 0.2) is 11.5 Å². The van der Waals surface area contributed by atoms with Gasteiger partial charge in [0, 0.05) is 19.2 Å². The zero-order valence-electron chi connectivity index (χ0n) is 15.9. The van der Waals surface area contributed by atoms with E-state index in [0.717, 1.165) is 28.5 Å². The highest BCUT2D eigenvalue weighted by atomic mass is 16.5. The van der Waals surface area contributed by atoms with Crippen molar-refractivity contribution < 1.29 is 14.6 Å². The lowest BCUT2D eigenvalue weighted by Gasteiger charge is -2.11. The molecule has 0 saturated carbocycles. The zero-order chi connectivity index (χ0) is 19.2. The molecule has 27 heavy (non-hydrogen) atoms. The Hall–Kier alpha value is -3.15. The van der Waals surface area contributed by atoms with Gasteiger partial charge in [0.1, 0.15) is 5.75 Å². The Morgan fingerprint density at radius 1 is 1.04 bits per heavy atom. The third-order valence-electron chi connectivity index (χ3n) is 4.22. The van der Waals surface area contributed by atoms with Crippen LogP contribution < -0.4 is 14.8 Å². The second kappa shape index (κ2) is 8.49. The van der Waals surface area contributed by atoms with E-state index < -0.39 is 0 Å². The van der Waals surface area contributed by atoms with E-state index >= 15 is 0 Å². The van der Waals surface area contributed by atoms with Crippen LogP contribution in [-0.2, 0) is 13.6 Å². The maximum absolute atomic E-state index is 9.81. The van der Waals surface area contributed by atoms with Crippen LogP contribution >= 0.6 is 0 Å². The monoisotopic (exact) mass is 367 g/mol. The molecule has 0 unspecified atom stereocenters. The smallest absolute Gasteiger partial charge is 0.203 e. The molecule has 1 heterocycles. The van der Waals surface area contributed by atoms with Crippen molar-refractivity contribution in [3.05, 3.63) is 54.2 Å². The first-order chi connectivity index (χ1) is 13.1. The fraction of sp³-hybridized carbons (Fsp3) is 0.286. The second-order valence-electron chi connectivity index (χ2n) is 6.07. The lowest BCUT2D eigenvalue weighted by atomic mass is 10.1. The predicted molar refractivity (Wildman–Crippen MR) is 106 cm³/mol. The lowest BCUT2D eigenvalue weighted by Crippen LogP contribution is -2.06. The molecule has 6 heteroatoms. The van der Waals surface area contributed by atoms with Gasteiger partial charge in [-0.3, -0.25) is 0 Å². The number of hydrogen-bond donors (Lipinski definition) is 2. The Labute approximate surface area is 159 Å². The molecule has 0 saturated heterocycles. The lowest BCUT2D eigenvalue weighted by molar-refractivity contribution is 0.318. The Bertz CT molecular complexity index is 888. The maximum atomic E-state index is 9.81. The molecule has 0 aliphatic carbocycles. The number of rotatable bonds is 8. The number of imidazole rings is 1. The minimum atomic E-state index is 0.148. The second-order valence-corrected chi connectivity index (χ2v) is 6.07. The van der Waals surface area contributed by atoms with Crippen molar-refractivity contribution >= 4 is 5.95 Å². The first-order valence-electron chi connectivity index (χ1n) is 9.05. The molecule has 1 aromatic heterocycles. The van der Waals surface area contributed by atoms with Gasteiger partial charge in [-0.15, -0.1) is 0 Å². The number of phenols is 1. The van der Waals surface area contributed by atoms with E-state index in [-0.39, 0.29) is 5.75 Å². The molecule has 0 atom stereocenters. The number of hydrogen-bond acceptors (Lipinski definition) is 5. The summed E-state index contributed by atoms with van der Waals surface area (Å²) in [6, 6.07) is 13.3. The summed E-state index contributed by atoms with van der Waals surface area (Å²) >= 11 is 0. The molecule has 2 N–H and O–H groups in total. The Morgan fingerprint density at radius 2 is 1.78 bits per heavy atom. The van der Waals surface area contributed by atoms with Crippen molar-refractivity contribution in [3.8, 4) is 28.5 Å². The molecule has 0 bridgehead atoms. The number of nitrogens with zero attached hydrogens (tertiary/aromatic N) is 2. The summed E-state index contributed by atoms with van der Waals surface area (Å²) in [6.45, 7) is 5.60. The van der Waals surface area contributed by atoms with Crippen LogP contribution in [0, 0.1) is 0 Å². The van der Waals surface area contributed by atoms with E-state index in [2.05, 4.69) is 10.3 Å². The summed E-state index contributed by atoms with van der Waals surface area (Å²) in [7, 11) is 1.98. The molecule has 2 aromatic carbocycles. The van der Waals surface area contributed by atoms with Gasteiger partial charge < -0.3 is 24.5 Å². The number of ether oxygens (including phenoxy) is 2. The van der Waals surface area contributed by atoms with Crippen molar-refractivity contribution in [2.45, 2.75) is 20.4 Å². The van der Waals surface area contributed by atoms with E-state index in [1.54, 1.807) is 6.07 Å². The number of nitrogens with one attached hydrogen (secondary N) is 1. The number of aromatic nitrogens is 2. The fourth-order valence-corrected chi connectivity index (χ4v) is 2.85. The van der Waals surface area contributed by atoms with Crippen LogP contribution in [0.1, 0.15) is 19.4 Å². The quantitative estimate of drug-likeness (QED) is 0.624. The van der Waals surface area contributed by atoms with E-state index in [9.17, 15) is 5.11 Å². The topological polar surface area (TPSA) is 68.5 Å². The molecule has 0 aliphatic heterocycles. The SMILES string of the molecule is CCOc1ccc(-c2cnc(NCc3ccc(O)c(OCC)c3)n2C)cc1. The fourth-order valence-electron chi connectivity index (χ4n) is 2.85. The molecule has 0 amide bonds. The van der Waals surface area contributed by atoms with Gasteiger partial charge >= 0.3 is 0 Å². The summed E-state index contributed by atoms with van der Waals surface area (Å²) in [5.74, 6) is 2.27. The molecule has 0 fully saturated rings. The third kappa shape index (κ3) is 4.34. The van der Waals surface area contributed by atoms with E-state index in [1.807, 2.05) is 68.1 Å². The van der Waals surface area contributed by atoms with Gasteiger partial charge in [0.25, 0.3) is 0 Å². The minimum absolute atomic E-state index is 0.148. The third-order valence-corrected chi connectivity index (χ3v) is 4.22. The van der Waals surface area contributed by atoms with E-state index in [4.69, 9.17) is 9.47 Å². The van der Waals surface area contributed by atoms with Crippen molar-refractivity contribution in [2.24, 2.45) is 7.05 Å². The van der Waals surface area contributed by atoms with Crippen LogP contribution in [0.25, 0.3) is 11.3 Å². The number of benzene rings is 2. The highest BCUT2D eigenvalue weighted by molar-refractivity contribution is 5.62. The molecule has 3 aromatic rings. The van der Waals surface area contributed by atoms with Crippen LogP contribution in [0.4, 0.5) is 5.95 Å².